The number of aldehydes is 1. The fraction of sp³-hybridized carbons (Fsp3) is 0.133. The molecule has 1 heterocycles. The van der Waals surface area contributed by atoms with Gasteiger partial charge in [-0.3, -0.25) is 4.79 Å². The molecule has 84 valence electrons. The molecule has 0 atom stereocenters. The van der Waals surface area contributed by atoms with Gasteiger partial charge < -0.3 is 4.90 Å². The van der Waals surface area contributed by atoms with Crippen LogP contribution in [0.3, 0.4) is 0 Å². The lowest BCUT2D eigenvalue weighted by Crippen LogP contribution is -2.14. The van der Waals surface area contributed by atoms with Crippen LogP contribution < -0.4 is 4.90 Å². The average molecular weight is 223 g/mol. The second-order valence-electron chi connectivity index (χ2n) is 4.21. The molecule has 2 aromatic carbocycles. The molecule has 0 saturated carbocycles. The number of nitrogens with zero attached hydrogens (tertiary/aromatic N) is 1. The molecule has 2 aromatic rings. The molecule has 1 aliphatic heterocycles. The van der Waals surface area contributed by atoms with Crippen molar-refractivity contribution in [1.82, 2.24) is 0 Å². The third kappa shape index (κ3) is 1.62. The van der Waals surface area contributed by atoms with E-state index >= 15 is 0 Å². The summed E-state index contributed by atoms with van der Waals surface area (Å²) < 4.78 is 0. The molecular formula is C15H13NO. The molecule has 0 radical (unpaired) electrons. The Bertz CT molecular complexity index is 562. The normalized spacial score (nSPS) is 13.5. The number of anilines is 2. The van der Waals surface area contributed by atoms with Crippen LogP contribution in [0.1, 0.15) is 15.9 Å². The smallest absolute Gasteiger partial charge is 0.152 e. The third-order valence-corrected chi connectivity index (χ3v) is 3.24. The lowest BCUT2D eigenvalue weighted by atomic mass is 10.1. The van der Waals surface area contributed by atoms with Crippen LogP contribution in [-0.2, 0) is 6.42 Å². The summed E-state index contributed by atoms with van der Waals surface area (Å²) in [7, 11) is 0. The molecule has 0 fully saturated rings. The molecule has 0 saturated heterocycles. The molecule has 3 rings (SSSR count). The van der Waals surface area contributed by atoms with Gasteiger partial charge in [0.15, 0.2) is 6.29 Å². The highest BCUT2D eigenvalue weighted by molar-refractivity contribution is 5.87. The van der Waals surface area contributed by atoms with E-state index in [1.807, 2.05) is 30.3 Å². The summed E-state index contributed by atoms with van der Waals surface area (Å²) in [5, 5.41) is 0. The number of para-hydroxylation sites is 2. The molecule has 2 nitrogen and oxygen atoms in total. The Hall–Kier alpha value is -2.09. The van der Waals surface area contributed by atoms with Crippen LogP contribution in [-0.4, -0.2) is 12.8 Å². The zero-order chi connectivity index (χ0) is 11.7. The van der Waals surface area contributed by atoms with Crippen LogP contribution >= 0.6 is 0 Å². The van der Waals surface area contributed by atoms with Crippen LogP contribution in [0.25, 0.3) is 0 Å². The van der Waals surface area contributed by atoms with Crippen LogP contribution in [0, 0.1) is 0 Å². The fourth-order valence-corrected chi connectivity index (χ4v) is 2.42. The Morgan fingerprint density at radius 3 is 2.47 bits per heavy atom. The predicted octanol–water partition coefficient (Wildman–Crippen LogP) is 3.19. The number of hydrogen-bond donors (Lipinski definition) is 0. The van der Waals surface area contributed by atoms with E-state index in [1.54, 1.807) is 0 Å². The summed E-state index contributed by atoms with van der Waals surface area (Å²) in [5.74, 6) is 0. The lowest BCUT2D eigenvalue weighted by Gasteiger charge is -2.21. The monoisotopic (exact) mass is 223 g/mol. The molecule has 0 bridgehead atoms. The largest absolute Gasteiger partial charge is 0.340 e. The Morgan fingerprint density at radius 2 is 1.65 bits per heavy atom. The van der Waals surface area contributed by atoms with Crippen molar-refractivity contribution >= 4 is 17.7 Å². The number of carbonyl (C=O) groups excluding carboxylic acids is 1. The first-order valence-electron chi connectivity index (χ1n) is 5.80. The molecule has 17 heavy (non-hydrogen) atoms. The Kier molecular flexibility index (Phi) is 2.41. The molecule has 0 aliphatic carbocycles. The molecule has 0 aromatic heterocycles. The first-order chi connectivity index (χ1) is 8.40. The maximum absolute atomic E-state index is 11.1. The van der Waals surface area contributed by atoms with Gasteiger partial charge in [0.25, 0.3) is 0 Å². The van der Waals surface area contributed by atoms with Crippen LogP contribution in [0.5, 0.6) is 0 Å². The molecule has 0 unspecified atom stereocenters. The number of carbonyl (C=O) groups is 1. The van der Waals surface area contributed by atoms with Crippen molar-refractivity contribution in [2.45, 2.75) is 6.42 Å². The van der Waals surface area contributed by atoms with Crippen molar-refractivity contribution in [3.05, 3.63) is 59.7 Å². The molecule has 0 spiro atoms. The predicted molar refractivity (Wildman–Crippen MR) is 69.0 cm³/mol. The second-order valence-corrected chi connectivity index (χ2v) is 4.21. The van der Waals surface area contributed by atoms with E-state index in [4.69, 9.17) is 0 Å². The number of rotatable bonds is 2. The Labute approximate surface area is 100 Å². The van der Waals surface area contributed by atoms with Crippen molar-refractivity contribution in [2.75, 3.05) is 11.4 Å². The second kappa shape index (κ2) is 4.06. The highest BCUT2D eigenvalue weighted by Crippen LogP contribution is 2.35. The van der Waals surface area contributed by atoms with E-state index in [0.717, 1.165) is 30.5 Å². The molecular weight excluding hydrogens is 210 g/mol. The van der Waals surface area contributed by atoms with E-state index in [1.165, 1.54) is 11.3 Å². The third-order valence-electron chi connectivity index (χ3n) is 3.24. The number of hydrogen-bond acceptors (Lipinski definition) is 2. The first-order valence-corrected chi connectivity index (χ1v) is 5.80. The molecule has 0 N–H and O–H groups in total. The molecule has 2 heteroatoms. The van der Waals surface area contributed by atoms with Gasteiger partial charge >= 0.3 is 0 Å². The van der Waals surface area contributed by atoms with E-state index in [2.05, 4.69) is 23.1 Å². The van der Waals surface area contributed by atoms with Gasteiger partial charge in [-0.05, 0) is 30.2 Å². The van der Waals surface area contributed by atoms with E-state index in [9.17, 15) is 4.79 Å². The summed E-state index contributed by atoms with van der Waals surface area (Å²) in [5.41, 5.74) is 4.34. The van der Waals surface area contributed by atoms with Crippen LogP contribution in [0.4, 0.5) is 11.4 Å². The van der Waals surface area contributed by atoms with E-state index < -0.39 is 0 Å². The minimum atomic E-state index is 0.754. The van der Waals surface area contributed by atoms with Crippen molar-refractivity contribution in [2.24, 2.45) is 0 Å². The van der Waals surface area contributed by atoms with E-state index in [0.29, 0.717) is 0 Å². The summed E-state index contributed by atoms with van der Waals surface area (Å²) in [6.45, 7) is 0.949. The molecule has 0 amide bonds. The van der Waals surface area contributed by atoms with Crippen LogP contribution in [0.15, 0.2) is 48.5 Å². The first kappa shape index (κ1) is 10.1. The molecule has 1 aliphatic rings. The van der Waals surface area contributed by atoms with Gasteiger partial charge in [0.1, 0.15) is 0 Å². The van der Waals surface area contributed by atoms with Gasteiger partial charge in [0.05, 0.1) is 5.69 Å². The number of benzene rings is 2. The van der Waals surface area contributed by atoms with Gasteiger partial charge in [-0.25, -0.2) is 0 Å². The van der Waals surface area contributed by atoms with Crippen molar-refractivity contribution < 1.29 is 4.79 Å². The standard InChI is InChI=1S/C15H13NO/c17-11-13-6-2-4-8-15(13)16-10-9-12-5-1-3-7-14(12)16/h1-8,11H,9-10H2. The SMILES string of the molecule is O=Cc1ccccc1N1CCc2ccccc21. The lowest BCUT2D eigenvalue weighted by molar-refractivity contribution is 0.112. The Morgan fingerprint density at radius 1 is 0.941 bits per heavy atom. The van der Waals surface area contributed by atoms with Gasteiger partial charge in [-0.15, -0.1) is 0 Å². The zero-order valence-electron chi connectivity index (χ0n) is 9.47. The minimum absolute atomic E-state index is 0.754. The topological polar surface area (TPSA) is 20.3 Å². The highest BCUT2D eigenvalue weighted by Gasteiger charge is 2.21. The van der Waals surface area contributed by atoms with Crippen molar-refractivity contribution in [3.8, 4) is 0 Å². The highest BCUT2D eigenvalue weighted by atomic mass is 16.1. The minimum Gasteiger partial charge on any atom is -0.340 e. The maximum atomic E-state index is 11.1. The van der Waals surface area contributed by atoms with Gasteiger partial charge in [0.2, 0.25) is 0 Å². The number of fused-ring (bicyclic) bond motifs is 1. The average Bonchev–Trinajstić information content (AvgIpc) is 2.82. The summed E-state index contributed by atoms with van der Waals surface area (Å²) in [4.78, 5) is 13.3. The zero-order valence-corrected chi connectivity index (χ0v) is 9.47. The van der Waals surface area contributed by atoms with Gasteiger partial charge in [0, 0.05) is 17.8 Å². The Balaban J connectivity index is 2.10. The summed E-state index contributed by atoms with van der Waals surface area (Å²) >= 11 is 0. The van der Waals surface area contributed by atoms with Crippen molar-refractivity contribution in [3.63, 3.8) is 0 Å². The fourth-order valence-electron chi connectivity index (χ4n) is 2.42. The summed E-state index contributed by atoms with van der Waals surface area (Å²) in [6, 6.07) is 16.1. The van der Waals surface area contributed by atoms with E-state index in [-0.39, 0.29) is 0 Å². The van der Waals surface area contributed by atoms with Crippen molar-refractivity contribution in [1.29, 1.82) is 0 Å². The maximum Gasteiger partial charge on any atom is 0.152 e. The van der Waals surface area contributed by atoms with Gasteiger partial charge in [-0.2, -0.15) is 0 Å². The van der Waals surface area contributed by atoms with Gasteiger partial charge in [-0.1, -0.05) is 30.3 Å². The van der Waals surface area contributed by atoms with Crippen LogP contribution in [0.2, 0.25) is 0 Å². The quantitative estimate of drug-likeness (QED) is 0.729. The summed E-state index contributed by atoms with van der Waals surface area (Å²) in [6.07, 6.45) is 1.97.